The number of aromatic nitrogens is 1. The Hall–Kier alpha value is -2.54. The molecule has 2 aliphatic rings. The first-order valence-corrected chi connectivity index (χ1v) is 15.1. The second kappa shape index (κ2) is 12.1. The Bertz CT molecular complexity index is 1290. The van der Waals surface area contributed by atoms with Gasteiger partial charge in [-0.25, -0.2) is 8.42 Å². The molecule has 40 heavy (non-hydrogen) atoms. The summed E-state index contributed by atoms with van der Waals surface area (Å²) in [6.07, 6.45) is -2.68. The summed E-state index contributed by atoms with van der Waals surface area (Å²) in [6, 6.07) is 7.02. The number of pyridine rings is 1. The third-order valence-corrected chi connectivity index (χ3v) is 9.47. The van der Waals surface area contributed by atoms with Crippen LogP contribution in [0.3, 0.4) is 0 Å². The van der Waals surface area contributed by atoms with Gasteiger partial charge in [0.1, 0.15) is 0 Å². The van der Waals surface area contributed by atoms with Crippen molar-refractivity contribution in [3.05, 3.63) is 58.9 Å². The number of aliphatic hydroxyl groups is 1. The third kappa shape index (κ3) is 6.67. The van der Waals surface area contributed by atoms with E-state index < -0.39 is 33.9 Å². The first-order valence-electron chi connectivity index (χ1n) is 13.5. The van der Waals surface area contributed by atoms with E-state index in [0.717, 1.165) is 11.3 Å². The Kier molecular flexibility index (Phi) is 9.23. The molecule has 1 amide bonds. The maximum absolute atomic E-state index is 13.1. The number of amides is 1. The van der Waals surface area contributed by atoms with Crippen LogP contribution < -0.4 is 5.32 Å². The largest absolute Gasteiger partial charge is 0.394 e. The number of hydrogen-bond donors (Lipinski definition) is 2. The predicted octanol–water partition coefficient (Wildman–Crippen LogP) is 4.21. The molecule has 1 saturated heterocycles. The van der Waals surface area contributed by atoms with E-state index in [2.05, 4.69) is 29.0 Å². The predicted molar refractivity (Wildman–Crippen MR) is 142 cm³/mol. The zero-order valence-electron chi connectivity index (χ0n) is 22.8. The summed E-state index contributed by atoms with van der Waals surface area (Å²) in [5.41, 5.74) is 2.58. The number of ether oxygens (including phenoxy) is 1. The normalized spacial score (nSPS) is 22.8. The zero-order chi connectivity index (χ0) is 29.2. The number of nitrogens with zero attached hydrogens (tertiary/aromatic N) is 2. The summed E-state index contributed by atoms with van der Waals surface area (Å²) in [7, 11) is -3.37. The minimum absolute atomic E-state index is 0.0286. The summed E-state index contributed by atoms with van der Waals surface area (Å²) >= 11 is 0. The summed E-state index contributed by atoms with van der Waals surface area (Å²) in [6.45, 7) is 5.92. The third-order valence-electron chi connectivity index (χ3n) is 7.72. The van der Waals surface area contributed by atoms with E-state index in [1.54, 1.807) is 25.1 Å². The number of halogens is 3. The number of benzene rings is 1. The van der Waals surface area contributed by atoms with Gasteiger partial charge < -0.3 is 15.2 Å². The fourth-order valence-corrected chi connectivity index (χ4v) is 6.35. The molecule has 3 heterocycles. The van der Waals surface area contributed by atoms with Gasteiger partial charge in [0.05, 0.1) is 59.2 Å². The number of carbonyl (C=O) groups excluding carboxylic acids is 1. The molecule has 8 nitrogen and oxygen atoms in total. The van der Waals surface area contributed by atoms with Crippen LogP contribution in [0.4, 0.5) is 13.2 Å². The smallest absolute Gasteiger partial charge is 0.394 e. The maximum atomic E-state index is 13.1. The van der Waals surface area contributed by atoms with Crippen LogP contribution >= 0.6 is 0 Å². The Morgan fingerprint density at radius 1 is 1.23 bits per heavy atom. The molecule has 0 radical (unpaired) electrons. The fourth-order valence-electron chi connectivity index (χ4n) is 5.46. The lowest BCUT2D eigenvalue weighted by molar-refractivity contribution is -0.209. The molecule has 0 saturated carbocycles. The highest BCUT2D eigenvalue weighted by Crippen LogP contribution is 2.39. The minimum atomic E-state index is -4.25. The van der Waals surface area contributed by atoms with E-state index in [9.17, 15) is 31.5 Å². The standard InChI is InChI=1S/C28H36F3N3O5S/c1-4-40(37,38)23-9-5-18(6-10-23)24(15-35)33-27(36)19-11-20-13-34(26(17(2)3)25(20)32-12-19)14-22-8-7-21(16-39-22)28(29,30)31/h5-6,9-12,17,21-22,24,26,35H,4,7-8,13-16H2,1-3H3,(H,33,36)/t21-,22+,24+,26+/m1/s1. The van der Waals surface area contributed by atoms with Gasteiger partial charge in [-0.3, -0.25) is 14.7 Å². The second-order valence-electron chi connectivity index (χ2n) is 10.8. The van der Waals surface area contributed by atoms with Gasteiger partial charge in [0, 0.05) is 19.3 Å². The van der Waals surface area contributed by atoms with Crippen molar-refractivity contribution in [1.29, 1.82) is 0 Å². The van der Waals surface area contributed by atoms with E-state index in [1.807, 2.05) is 0 Å². The molecule has 1 aromatic heterocycles. The van der Waals surface area contributed by atoms with E-state index in [-0.39, 0.29) is 48.3 Å². The molecule has 2 N–H and O–H groups in total. The van der Waals surface area contributed by atoms with Crippen molar-refractivity contribution in [3.8, 4) is 0 Å². The molecular formula is C28H36F3N3O5S. The number of hydrogen-bond acceptors (Lipinski definition) is 7. The van der Waals surface area contributed by atoms with Crippen molar-refractivity contribution in [2.75, 3.05) is 25.5 Å². The van der Waals surface area contributed by atoms with Crippen LogP contribution in [0.1, 0.15) is 72.9 Å². The first kappa shape index (κ1) is 30.4. The number of aliphatic hydroxyl groups excluding tert-OH is 1. The van der Waals surface area contributed by atoms with Gasteiger partial charge >= 0.3 is 6.18 Å². The van der Waals surface area contributed by atoms with Gasteiger partial charge in [0.15, 0.2) is 9.84 Å². The topological polar surface area (TPSA) is 109 Å². The Balaban J connectivity index is 1.44. The van der Waals surface area contributed by atoms with Gasteiger partial charge in [-0.1, -0.05) is 32.9 Å². The van der Waals surface area contributed by atoms with Crippen LogP contribution in [0.25, 0.3) is 0 Å². The van der Waals surface area contributed by atoms with Crippen molar-refractivity contribution >= 4 is 15.7 Å². The SMILES string of the molecule is CCS(=O)(=O)c1ccc([C@H](CO)NC(=O)c2cnc3c(c2)CN(C[C@@H]2CC[C@@H](C(F)(F)F)CO2)[C@H]3C(C)C)cc1. The lowest BCUT2D eigenvalue weighted by Crippen LogP contribution is -2.41. The summed E-state index contributed by atoms with van der Waals surface area (Å²) in [5, 5.41) is 12.7. The molecule has 0 unspecified atom stereocenters. The number of carbonyl (C=O) groups is 1. The molecule has 4 atom stereocenters. The number of sulfone groups is 1. The number of fused-ring (bicyclic) bond motifs is 1. The fraction of sp³-hybridized carbons (Fsp3) is 0.571. The Morgan fingerprint density at radius 2 is 1.93 bits per heavy atom. The van der Waals surface area contributed by atoms with Crippen LogP contribution in [0, 0.1) is 11.8 Å². The van der Waals surface area contributed by atoms with Crippen molar-refractivity contribution < 1.29 is 36.2 Å². The molecule has 0 spiro atoms. The first-order chi connectivity index (χ1) is 18.8. The molecule has 1 fully saturated rings. The summed E-state index contributed by atoms with van der Waals surface area (Å²) in [5.74, 6) is -1.71. The van der Waals surface area contributed by atoms with Crippen molar-refractivity contribution in [1.82, 2.24) is 15.2 Å². The van der Waals surface area contributed by atoms with Gasteiger partial charge in [-0.05, 0) is 48.1 Å². The molecule has 0 aliphatic carbocycles. The number of alkyl halides is 3. The monoisotopic (exact) mass is 583 g/mol. The molecule has 1 aromatic carbocycles. The second-order valence-corrected chi connectivity index (χ2v) is 13.1. The highest BCUT2D eigenvalue weighted by atomic mass is 32.2. The summed E-state index contributed by atoms with van der Waals surface area (Å²) < 4.78 is 68.8. The van der Waals surface area contributed by atoms with Crippen molar-refractivity contribution in [3.63, 3.8) is 0 Å². The van der Waals surface area contributed by atoms with E-state index in [4.69, 9.17) is 4.74 Å². The zero-order valence-corrected chi connectivity index (χ0v) is 23.6. The van der Waals surface area contributed by atoms with E-state index >= 15 is 0 Å². The number of rotatable bonds is 9. The summed E-state index contributed by atoms with van der Waals surface area (Å²) in [4.78, 5) is 20.0. The lowest BCUT2D eigenvalue weighted by atomic mass is 9.96. The molecule has 2 aromatic rings. The molecule has 0 bridgehead atoms. The van der Waals surface area contributed by atoms with Gasteiger partial charge in [-0.15, -0.1) is 0 Å². The van der Waals surface area contributed by atoms with Crippen molar-refractivity contribution in [2.45, 2.75) is 69.4 Å². The highest BCUT2D eigenvalue weighted by Gasteiger charge is 2.43. The van der Waals surface area contributed by atoms with Gasteiger partial charge in [0.25, 0.3) is 5.91 Å². The Labute approximate surface area is 232 Å². The minimum Gasteiger partial charge on any atom is -0.394 e. The molecule has 2 aliphatic heterocycles. The maximum Gasteiger partial charge on any atom is 0.394 e. The van der Waals surface area contributed by atoms with Gasteiger partial charge in [0.2, 0.25) is 0 Å². The molecule has 12 heteroatoms. The molecule has 220 valence electrons. The van der Waals surface area contributed by atoms with Gasteiger partial charge in [-0.2, -0.15) is 13.2 Å². The molecule has 4 rings (SSSR count). The van der Waals surface area contributed by atoms with Crippen LogP contribution in [-0.2, 0) is 21.1 Å². The molecular weight excluding hydrogens is 547 g/mol. The van der Waals surface area contributed by atoms with E-state index in [0.29, 0.717) is 30.6 Å². The number of nitrogens with one attached hydrogen (secondary N) is 1. The average molecular weight is 584 g/mol. The Morgan fingerprint density at radius 3 is 2.48 bits per heavy atom. The van der Waals surface area contributed by atoms with E-state index in [1.165, 1.54) is 18.3 Å². The van der Waals surface area contributed by atoms with Crippen LogP contribution in [0.2, 0.25) is 0 Å². The van der Waals surface area contributed by atoms with Crippen molar-refractivity contribution in [2.24, 2.45) is 11.8 Å². The van der Waals surface area contributed by atoms with Crippen LogP contribution in [0.5, 0.6) is 0 Å². The van der Waals surface area contributed by atoms with Crippen LogP contribution in [0.15, 0.2) is 41.4 Å². The van der Waals surface area contributed by atoms with Crippen LogP contribution in [-0.4, -0.2) is 67.1 Å². The highest BCUT2D eigenvalue weighted by molar-refractivity contribution is 7.91. The average Bonchev–Trinajstić information content (AvgIpc) is 3.28. The lowest BCUT2D eigenvalue weighted by Gasteiger charge is -2.35. The quantitative estimate of drug-likeness (QED) is 0.455.